The van der Waals surface area contributed by atoms with Crippen molar-refractivity contribution in [1.29, 1.82) is 0 Å². The second kappa shape index (κ2) is 10.5. The van der Waals surface area contributed by atoms with Crippen LogP contribution in [0.25, 0.3) is 0 Å². The normalized spacial score (nSPS) is 11.1. The van der Waals surface area contributed by atoms with Crippen LogP contribution >= 0.6 is 0 Å². The number of aryl methyl sites for hydroxylation is 2. The van der Waals surface area contributed by atoms with Gasteiger partial charge in [-0.1, -0.05) is 24.3 Å². The van der Waals surface area contributed by atoms with E-state index in [-0.39, 0.29) is 16.4 Å². The summed E-state index contributed by atoms with van der Waals surface area (Å²) in [5.74, 6) is -0.508. The molecule has 0 saturated carbocycles. The van der Waals surface area contributed by atoms with Crippen molar-refractivity contribution in [3.63, 3.8) is 0 Å². The molecule has 0 saturated heterocycles. The van der Waals surface area contributed by atoms with Crippen molar-refractivity contribution in [3.8, 4) is 0 Å². The predicted octanol–water partition coefficient (Wildman–Crippen LogP) is 4.84. The van der Waals surface area contributed by atoms with Crippen molar-refractivity contribution in [3.05, 3.63) is 89.0 Å². The molecule has 0 spiro atoms. The lowest BCUT2D eigenvalue weighted by Gasteiger charge is -2.18. The molecule has 3 aromatic rings. The average molecular weight is 480 g/mol. The number of hydrogen-bond acceptors (Lipinski definition) is 4. The fourth-order valence-corrected chi connectivity index (χ4v) is 4.65. The summed E-state index contributed by atoms with van der Waals surface area (Å²) >= 11 is 0. The minimum absolute atomic E-state index is 0.00771. The van der Waals surface area contributed by atoms with Crippen molar-refractivity contribution >= 4 is 33.2 Å². The van der Waals surface area contributed by atoms with E-state index in [2.05, 4.69) is 10.0 Å². The predicted molar refractivity (Wildman–Crippen MR) is 135 cm³/mol. The molecule has 8 heteroatoms. The molecule has 0 radical (unpaired) electrons. The van der Waals surface area contributed by atoms with Gasteiger partial charge in [-0.3, -0.25) is 14.3 Å². The van der Waals surface area contributed by atoms with Crippen molar-refractivity contribution < 1.29 is 18.0 Å². The summed E-state index contributed by atoms with van der Waals surface area (Å²) in [6.07, 6.45) is 0. The molecule has 34 heavy (non-hydrogen) atoms. The highest BCUT2D eigenvalue weighted by Gasteiger charge is 2.19. The van der Waals surface area contributed by atoms with E-state index in [1.54, 1.807) is 54.3 Å². The van der Waals surface area contributed by atoms with Crippen LogP contribution in [0.15, 0.2) is 71.6 Å². The van der Waals surface area contributed by atoms with Crippen molar-refractivity contribution in [2.45, 2.75) is 32.6 Å². The average Bonchev–Trinajstić information content (AvgIpc) is 2.81. The van der Waals surface area contributed by atoms with Gasteiger partial charge in [0, 0.05) is 29.9 Å². The van der Waals surface area contributed by atoms with Gasteiger partial charge in [-0.2, -0.15) is 0 Å². The van der Waals surface area contributed by atoms with Gasteiger partial charge < -0.3 is 10.2 Å². The van der Waals surface area contributed by atoms with Crippen LogP contribution in [0.1, 0.15) is 45.7 Å². The van der Waals surface area contributed by atoms with E-state index in [9.17, 15) is 18.0 Å². The summed E-state index contributed by atoms with van der Waals surface area (Å²) in [5, 5.41) is 2.78. The zero-order chi connectivity index (χ0) is 24.9. The van der Waals surface area contributed by atoms with Gasteiger partial charge in [0.2, 0.25) is 0 Å². The fourth-order valence-electron chi connectivity index (χ4n) is 3.49. The molecule has 0 fully saturated rings. The summed E-state index contributed by atoms with van der Waals surface area (Å²) in [5.41, 5.74) is 3.20. The maximum Gasteiger partial charge on any atom is 0.261 e. The minimum atomic E-state index is -3.88. The van der Waals surface area contributed by atoms with Crippen molar-refractivity contribution in [2.24, 2.45) is 0 Å². The molecule has 0 atom stereocenters. The lowest BCUT2D eigenvalue weighted by Crippen LogP contribution is -2.30. The zero-order valence-corrected chi connectivity index (χ0v) is 20.6. The van der Waals surface area contributed by atoms with E-state index in [0.29, 0.717) is 35.6 Å². The minimum Gasteiger partial charge on any atom is -0.339 e. The summed E-state index contributed by atoms with van der Waals surface area (Å²) in [7, 11) is -3.88. The summed E-state index contributed by atoms with van der Waals surface area (Å²) in [6.45, 7) is 8.63. The van der Waals surface area contributed by atoms with E-state index in [1.807, 2.05) is 32.9 Å². The number of sulfonamides is 1. The summed E-state index contributed by atoms with van der Waals surface area (Å²) in [6, 6.07) is 18.2. The third kappa shape index (κ3) is 5.63. The van der Waals surface area contributed by atoms with Gasteiger partial charge in [0.05, 0.1) is 10.6 Å². The number of carbonyl (C=O) groups excluding carboxylic acids is 2. The van der Waals surface area contributed by atoms with Gasteiger partial charge in [-0.05, 0) is 81.3 Å². The monoisotopic (exact) mass is 479 g/mol. The molecule has 0 aliphatic heterocycles. The quantitative estimate of drug-likeness (QED) is 0.483. The third-order valence-electron chi connectivity index (χ3n) is 5.59. The van der Waals surface area contributed by atoms with Crippen LogP contribution in [0.4, 0.5) is 11.4 Å². The molecule has 7 nitrogen and oxygen atoms in total. The van der Waals surface area contributed by atoms with Gasteiger partial charge in [-0.15, -0.1) is 0 Å². The van der Waals surface area contributed by atoms with Crippen LogP contribution in [0, 0.1) is 13.8 Å². The van der Waals surface area contributed by atoms with E-state index in [0.717, 1.165) is 5.56 Å². The molecular formula is C26H29N3O4S. The first-order chi connectivity index (χ1) is 16.2. The molecule has 2 amide bonds. The van der Waals surface area contributed by atoms with Crippen LogP contribution in [-0.2, 0) is 10.0 Å². The van der Waals surface area contributed by atoms with Crippen LogP contribution in [0.2, 0.25) is 0 Å². The smallest absolute Gasteiger partial charge is 0.261 e. The molecule has 2 N–H and O–H groups in total. The zero-order valence-electron chi connectivity index (χ0n) is 19.8. The SMILES string of the molecule is CCN(CC)C(=O)c1ccc(NC(=O)c2cc(S(=O)(=O)Nc3ccccc3C)ccc2C)cc1. The highest BCUT2D eigenvalue weighted by molar-refractivity contribution is 7.92. The fraction of sp³-hybridized carbons (Fsp3) is 0.231. The number of carbonyl (C=O) groups is 2. The van der Waals surface area contributed by atoms with Crippen molar-refractivity contribution in [1.82, 2.24) is 4.90 Å². The molecule has 3 aromatic carbocycles. The maximum absolute atomic E-state index is 12.9. The molecule has 178 valence electrons. The standard InChI is InChI=1S/C26H29N3O4S/c1-5-29(6-2)26(31)20-12-14-21(15-13-20)27-25(30)23-17-22(16-11-18(23)3)34(32,33)28-24-10-8-7-9-19(24)4/h7-17,28H,5-6H2,1-4H3,(H,27,30). The van der Waals surface area contributed by atoms with Crippen LogP contribution in [0.3, 0.4) is 0 Å². The van der Waals surface area contributed by atoms with E-state index in [4.69, 9.17) is 0 Å². The number of anilines is 2. The Bertz CT molecular complexity index is 1300. The molecule has 0 heterocycles. The Labute approximate surface area is 200 Å². The van der Waals surface area contributed by atoms with Gasteiger partial charge in [0.1, 0.15) is 0 Å². The van der Waals surface area contributed by atoms with Crippen LogP contribution < -0.4 is 10.0 Å². The van der Waals surface area contributed by atoms with Gasteiger partial charge in [0.25, 0.3) is 21.8 Å². The lowest BCUT2D eigenvalue weighted by atomic mass is 10.1. The molecule has 0 unspecified atom stereocenters. The number of amides is 2. The number of nitrogens with zero attached hydrogens (tertiary/aromatic N) is 1. The molecule has 0 aliphatic rings. The second-order valence-corrected chi connectivity index (χ2v) is 9.59. The number of rotatable bonds is 8. The van der Waals surface area contributed by atoms with E-state index < -0.39 is 15.9 Å². The first kappa shape index (κ1) is 25.0. The second-order valence-electron chi connectivity index (χ2n) is 7.91. The number of para-hydroxylation sites is 1. The molecule has 0 bridgehead atoms. The Hall–Kier alpha value is -3.65. The third-order valence-corrected chi connectivity index (χ3v) is 6.96. The molecule has 3 rings (SSSR count). The van der Waals surface area contributed by atoms with Gasteiger partial charge in [0.15, 0.2) is 0 Å². The Kier molecular flexibility index (Phi) is 7.73. The van der Waals surface area contributed by atoms with Gasteiger partial charge in [-0.25, -0.2) is 8.42 Å². The number of benzene rings is 3. The Morgan fingerprint density at radius 3 is 2.12 bits per heavy atom. The lowest BCUT2D eigenvalue weighted by molar-refractivity contribution is 0.0773. The maximum atomic E-state index is 12.9. The first-order valence-electron chi connectivity index (χ1n) is 11.1. The topological polar surface area (TPSA) is 95.6 Å². The van der Waals surface area contributed by atoms with Gasteiger partial charge >= 0.3 is 0 Å². The van der Waals surface area contributed by atoms with Crippen molar-refractivity contribution in [2.75, 3.05) is 23.1 Å². The number of nitrogens with one attached hydrogen (secondary N) is 2. The van der Waals surface area contributed by atoms with E-state index in [1.165, 1.54) is 12.1 Å². The Morgan fingerprint density at radius 1 is 0.853 bits per heavy atom. The molecule has 0 aromatic heterocycles. The Balaban J connectivity index is 1.80. The highest BCUT2D eigenvalue weighted by Crippen LogP contribution is 2.22. The molecule has 0 aliphatic carbocycles. The van der Waals surface area contributed by atoms with E-state index >= 15 is 0 Å². The summed E-state index contributed by atoms with van der Waals surface area (Å²) in [4.78, 5) is 27.1. The highest BCUT2D eigenvalue weighted by atomic mass is 32.2. The first-order valence-corrected chi connectivity index (χ1v) is 12.5. The largest absolute Gasteiger partial charge is 0.339 e. The molecular weight excluding hydrogens is 450 g/mol. The van der Waals surface area contributed by atoms with Crippen LogP contribution in [0.5, 0.6) is 0 Å². The Morgan fingerprint density at radius 2 is 1.50 bits per heavy atom. The van der Waals surface area contributed by atoms with Crippen LogP contribution in [-0.4, -0.2) is 38.2 Å². The summed E-state index contributed by atoms with van der Waals surface area (Å²) < 4.78 is 28.4. The number of hydrogen-bond donors (Lipinski definition) is 2.